The minimum atomic E-state index is -1.94. The van der Waals surface area contributed by atoms with Crippen LogP contribution in [0.4, 0.5) is 4.79 Å². The average molecular weight is 1170 g/mol. The molecule has 2 aromatic rings. The predicted octanol–water partition coefficient (Wildman–Crippen LogP) is 2.77. The van der Waals surface area contributed by atoms with Crippen molar-refractivity contribution in [2.45, 2.75) is 248 Å². The summed E-state index contributed by atoms with van der Waals surface area (Å²) in [5, 5.41) is 112. The Kier molecular flexibility index (Phi) is 20.4. The molecule has 460 valence electrons. The summed E-state index contributed by atoms with van der Waals surface area (Å²) >= 11 is 0. The highest BCUT2D eigenvalue weighted by molar-refractivity contribution is 6.11. The van der Waals surface area contributed by atoms with E-state index in [0.717, 1.165) is 6.26 Å². The second kappa shape index (κ2) is 26.2. The molecule has 0 amide bonds. The highest BCUT2D eigenvalue weighted by Gasteiger charge is 2.51. The monoisotopic (exact) mass is 1160 g/mol. The van der Waals surface area contributed by atoms with E-state index in [0.29, 0.717) is 12.8 Å². The van der Waals surface area contributed by atoms with Gasteiger partial charge in [-0.15, -0.1) is 0 Å². The van der Waals surface area contributed by atoms with Crippen LogP contribution in [0.5, 0.6) is 17.2 Å². The molecule has 3 saturated heterocycles. The third-order valence-corrected chi connectivity index (χ3v) is 17.4. The van der Waals surface area contributed by atoms with Crippen molar-refractivity contribution in [3.8, 4) is 17.2 Å². The van der Waals surface area contributed by atoms with E-state index in [1.807, 2.05) is 13.8 Å². The number of hydrogen-bond donors (Lipinski definition) is 10. The Morgan fingerprint density at radius 1 is 0.732 bits per heavy atom. The highest BCUT2D eigenvalue weighted by Crippen LogP contribution is 2.48. The normalized spacial score (nSPS) is 40.2. The van der Waals surface area contributed by atoms with Crippen LogP contribution < -0.4 is 4.74 Å². The van der Waals surface area contributed by atoms with Crippen LogP contribution in [0.2, 0.25) is 0 Å². The molecule has 2 aromatic carbocycles. The fourth-order valence-corrected chi connectivity index (χ4v) is 12.8. The first kappa shape index (κ1) is 63.8. The van der Waals surface area contributed by atoms with Gasteiger partial charge in [-0.25, -0.2) is 4.79 Å². The summed E-state index contributed by atoms with van der Waals surface area (Å²) in [7, 11) is 1.20. The van der Waals surface area contributed by atoms with Crippen molar-refractivity contribution in [3.05, 3.63) is 41.2 Å². The Balaban J connectivity index is 1.03. The minimum absolute atomic E-state index is 0.0821. The summed E-state index contributed by atoms with van der Waals surface area (Å²) in [5.41, 5.74) is -1.31. The molecule has 0 spiro atoms. The van der Waals surface area contributed by atoms with Crippen molar-refractivity contribution < 1.29 is 118 Å². The van der Waals surface area contributed by atoms with Crippen LogP contribution in [0.3, 0.4) is 0 Å². The molecule has 5 unspecified atom stereocenters. The number of allylic oxidation sites excluding steroid dienone is 1. The third kappa shape index (κ3) is 13.6. The molecule has 3 heterocycles. The van der Waals surface area contributed by atoms with E-state index < -0.39 is 169 Å². The van der Waals surface area contributed by atoms with Crippen LogP contribution in [0.25, 0.3) is 10.8 Å². The Bertz CT molecular complexity index is 2590. The van der Waals surface area contributed by atoms with Crippen molar-refractivity contribution in [1.82, 2.24) is 0 Å². The van der Waals surface area contributed by atoms with Crippen LogP contribution in [0, 0.1) is 24.7 Å². The lowest BCUT2D eigenvalue weighted by Crippen LogP contribution is -2.56. The summed E-state index contributed by atoms with van der Waals surface area (Å²) in [5.74, 6) is -4.59. The first-order valence-electron chi connectivity index (χ1n) is 28.5. The molecule has 5 fully saturated rings. The van der Waals surface area contributed by atoms with Crippen molar-refractivity contribution in [2.24, 2.45) is 17.8 Å². The van der Waals surface area contributed by atoms with Crippen molar-refractivity contribution in [3.63, 3.8) is 0 Å². The van der Waals surface area contributed by atoms with Crippen LogP contribution in [-0.4, -0.2) is 210 Å². The number of carbonyl (C=O) groups is 3. The summed E-state index contributed by atoms with van der Waals surface area (Å²) in [6, 6.07) is 3.04. The lowest BCUT2D eigenvalue weighted by atomic mass is 9.75. The zero-order valence-corrected chi connectivity index (χ0v) is 48.0. The number of phenols is 2. The number of aliphatic hydroxyl groups excluding tert-OH is 7. The second-order valence-electron chi connectivity index (χ2n) is 23.8. The Labute approximate surface area is 476 Å². The van der Waals surface area contributed by atoms with Gasteiger partial charge in [0.15, 0.2) is 24.1 Å². The molecule has 25 atom stereocenters. The number of hydrogen-bond acceptors (Lipinski definition) is 24. The van der Waals surface area contributed by atoms with Crippen LogP contribution in [-0.2, 0) is 58.6 Å². The maximum absolute atomic E-state index is 15.1. The summed E-state index contributed by atoms with van der Waals surface area (Å²) in [6.45, 7) is 14.4. The molecule has 0 aromatic heterocycles. The summed E-state index contributed by atoms with van der Waals surface area (Å²) < 4.78 is 66.1. The van der Waals surface area contributed by atoms with E-state index in [4.69, 9.17) is 52.1 Å². The van der Waals surface area contributed by atoms with Gasteiger partial charge in [-0.05, 0) is 103 Å². The van der Waals surface area contributed by atoms with Gasteiger partial charge < -0.3 is 103 Å². The van der Waals surface area contributed by atoms with Gasteiger partial charge in [-0.1, -0.05) is 19.9 Å². The molecular weight excluding hydrogens is 1080 g/mol. The summed E-state index contributed by atoms with van der Waals surface area (Å²) in [6.07, 6.45) is -20.6. The minimum Gasteiger partial charge on any atom is -0.507 e. The molecule has 3 aliphatic carbocycles. The molecular formula is C58H84O24. The number of benzene rings is 2. The summed E-state index contributed by atoms with van der Waals surface area (Å²) in [4.78, 5) is 41.3. The number of Topliss-reactive ketones (excluding diaryl/α,β-unsaturated/α-hetero) is 2. The highest BCUT2D eigenvalue weighted by atomic mass is 16.7. The Morgan fingerprint density at radius 3 is 1.91 bits per heavy atom. The van der Waals surface area contributed by atoms with Gasteiger partial charge in [0, 0.05) is 50.7 Å². The molecule has 3 aliphatic heterocycles. The fraction of sp³-hybridized carbons (Fsp3) is 0.741. The number of ether oxygens (including phenoxy) is 11. The molecule has 2 saturated carbocycles. The van der Waals surface area contributed by atoms with Gasteiger partial charge in [0.25, 0.3) is 0 Å². The number of ketones is 2. The van der Waals surface area contributed by atoms with Crippen LogP contribution >= 0.6 is 0 Å². The zero-order chi connectivity index (χ0) is 60.0. The molecule has 24 heteroatoms. The maximum atomic E-state index is 15.1. The fourth-order valence-electron chi connectivity index (χ4n) is 12.8. The molecule has 0 radical (unpaired) electrons. The number of carbonyl (C=O) groups excluding carboxylic acids is 3. The van der Waals surface area contributed by atoms with E-state index in [2.05, 4.69) is 0 Å². The standard InChI is InChI=1S/C58H84O24/c1-11-12-73-57(70)81-39-21-41(75-29(8)50(39)65)80-38-20-40(74-28(7)49(38)64)79-35-17-31-15-30-16-34(54(72-10)53(68)47(62)26(5)59)55(52(67)44(30)51(66)43(31)46(61)25(35)4)82-42-19-37(48(63)27(6)76-42)77-32-13-23(2)45(60)36(18-32)78-33-14-24(3)56(69)58(9,71)22-33/h11-12,15,17,23-24,26-29,32-34,36-42,45,47-50,54-56,59-66,69,71H,13-14,16,18-22H2,1-10H3/t23?,24?,26-,27?,28?,29?,32-,33-,34+,36-,37-,38-,39-,40+,41+,42+,45+,47+,48-,49-,50-,54+,55+,56-,58+/m1/s1. The number of fused-ring (bicyclic) bond motifs is 2. The SMILES string of the molecule is CC=COC(=O)O[C@@H]1C[C@H](O[C@@H]2C[C@H](Oc3cc4cc5c(c(O)c4c(O)c3C)C(=O)[C@@H](O[C@H]3C[C@@H](O[C@@H]4CC(C)[C@H](O)[C@H](O[C@@H]6CC(C)[C@@H](O)[C@@](C)(O)C6)C4)[C@H](O)C(C)O3)[C@H]([C@H](OC)C(=O)[C@@H](O)[C@@H](C)O)C5)OC(C)[C@H]2O)OC(C)[C@H]1O. The quantitative estimate of drug-likeness (QED) is 0.0804. The molecule has 82 heavy (non-hydrogen) atoms. The molecule has 8 rings (SSSR count). The van der Waals surface area contributed by atoms with Gasteiger partial charge in [-0.3, -0.25) is 9.59 Å². The first-order valence-corrected chi connectivity index (χ1v) is 28.5. The van der Waals surface area contributed by atoms with Gasteiger partial charge in [0.1, 0.15) is 60.0 Å². The largest absolute Gasteiger partial charge is 0.513 e. The van der Waals surface area contributed by atoms with Crippen molar-refractivity contribution in [2.75, 3.05) is 7.11 Å². The molecule has 6 aliphatic rings. The van der Waals surface area contributed by atoms with Crippen molar-refractivity contribution in [1.29, 1.82) is 0 Å². The van der Waals surface area contributed by atoms with Gasteiger partial charge >= 0.3 is 6.16 Å². The first-order chi connectivity index (χ1) is 38.6. The second-order valence-corrected chi connectivity index (χ2v) is 23.8. The lowest BCUT2D eigenvalue weighted by molar-refractivity contribution is -0.298. The average Bonchev–Trinajstić information content (AvgIpc) is 1.57. The van der Waals surface area contributed by atoms with Crippen LogP contribution in [0.15, 0.2) is 24.5 Å². The van der Waals surface area contributed by atoms with Gasteiger partial charge in [0.05, 0.1) is 90.0 Å². The van der Waals surface area contributed by atoms with Crippen molar-refractivity contribution >= 4 is 28.5 Å². The van der Waals surface area contributed by atoms with Crippen LogP contribution in [0.1, 0.15) is 122 Å². The van der Waals surface area contributed by atoms with E-state index in [9.17, 15) is 60.7 Å². The smallest absolute Gasteiger partial charge is 0.507 e. The molecule has 0 bridgehead atoms. The Hall–Kier alpha value is -4.19. The number of aromatic hydroxyl groups is 2. The number of rotatable bonds is 17. The molecule has 10 N–H and O–H groups in total. The predicted molar refractivity (Wildman–Crippen MR) is 285 cm³/mol. The van der Waals surface area contributed by atoms with E-state index >= 15 is 4.79 Å². The van der Waals surface area contributed by atoms with E-state index in [1.54, 1.807) is 34.6 Å². The zero-order valence-electron chi connectivity index (χ0n) is 48.0. The maximum Gasteiger partial charge on any atom is 0.513 e. The van der Waals surface area contributed by atoms with E-state index in [-0.39, 0.29) is 83.6 Å². The Morgan fingerprint density at radius 2 is 1.29 bits per heavy atom. The van der Waals surface area contributed by atoms with E-state index in [1.165, 1.54) is 39.2 Å². The topological polar surface area (TPSA) is 355 Å². The number of methoxy groups -OCH3 is 1. The third-order valence-electron chi connectivity index (χ3n) is 17.4. The lowest BCUT2D eigenvalue weighted by Gasteiger charge is -2.46. The van der Waals surface area contributed by atoms with Gasteiger partial charge in [0.2, 0.25) is 6.29 Å². The van der Waals surface area contributed by atoms with Gasteiger partial charge in [-0.2, -0.15) is 0 Å². The number of aliphatic hydroxyl groups is 8. The molecule has 24 nitrogen and oxygen atoms in total. The number of phenolic OH excluding ortho intramolecular Hbond substituents is 2.